The molecule has 1 saturated heterocycles. The summed E-state index contributed by atoms with van der Waals surface area (Å²) in [6, 6.07) is 8.00. The van der Waals surface area contributed by atoms with E-state index in [-0.39, 0.29) is 19.0 Å². The normalized spacial score (nSPS) is 22.2. The molecule has 4 rings (SSSR count). The SMILES string of the molecule is CC(C)(C)OC(=O)N1CC[C@@]2(N=Nc3cc(C(F)(F)F)cc(C(F)(F)F)c3)c3ccccc3N[C@@H]12. The molecule has 0 spiro atoms. The Morgan fingerprint density at radius 2 is 1.63 bits per heavy atom. The first-order chi connectivity index (χ1) is 16.1. The van der Waals surface area contributed by atoms with Crippen molar-refractivity contribution in [3.8, 4) is 0 Å². The van der Waals surface area contributed by atoms with E-state index in [1.165, 1.54) is 4.90 Å². The first-order valence-electron chi connectivity index (χ1n) is 10.7. The molecular formula is C23H22F6N4O2. The summed E-state index contributed by atoms with van der Waals surface area (Å²) in [4.78, 5) is 14.2. The lowest BCUT2D eigenvalue weighted by Crippen LogP contribution is -2.47. The molecule has 1 fully saturated rings. The molecule has 1 N–H and O–H groups in total. The van der Waals surface area contributed by atoms with Crippen LogP contribution in [0.3, 0.4) is 0 Å². The molecule has 188 valence electrons. The number of anilines is 1. The second-order valence-electron chi connectivity index (χ2n) is 9.40. The zero-order valence-corrected chi connectivity index (χ0v) is 19.0. The molecule has 0 radical (unpaired) electrons. The highest BCUT2D eigenvalue weighted by Crippen LogP contribution is 2.50. The number of ether oxygens (including phenoxy) is 1. The van der Waals surface area contributed by atoms with Crippen LogP contribution < -0.4 is 5.32 Å². The monoisotopic (exact) mass is 500 g/mol. The molecule has 0 saturated carbocycles. The number of para-hydroxylation sites is 1. The molecular weight excluding hydrogens is 478 g/mol. The van der Waals surface area contributed by atoms with Gasteiger partial charge in [0, 0.05) is 24.2 Å². The van der Waals surface area contributed by atoms with Gasteiger partial charge < -0.3 is 10.1 Å². The summed E-state index contributed by atoms with van der Waals surface area (Å²) in [6.07, 6.45) is -11.2. The Labute approximate surface area is 197 Å². The van der Waals surface area contributed by atoms with E-state index in [0.717, 1.165) is 0 Å². The highest BCUT2D eigenvalue weighted by atomic mass is 19.4. The fourth-order valence-electron chi connectivity index (χ4n) is 4.25. The van der Waals surface area contributed by atoms with Crippen LogP contribution in [0.2, 0.25) is 0 Å². The first-order valence-corrected chi connectivity index (χ1v) is 10.7. The van der Waals surface area contributed by atoms with Crippen LogP contribution in [0.5, 0.6) is 0 Å². The number of amides is 1. The lowest BCUT2D eigenvalue weighted by Gasteiger charge is -2.30. The molecule has 0 aliphatic carbocycles. The predicted molar refractivity (Wildman–Crippen MR) is 114 cm³/mol. The minimum absolute atomic E-state index is 0.0341. The quantitative estimate of drug-likeness (QED) is 0.354. The van der Waals surface area contributed by atoms with Gasteiger partial charge in [0.15, 0.2) is 0 Å². The van der Waals surface area contributed by atoms with Gasteiger partial charge in [-0.25, -0.2) is 4.79 Å². The predicted octanol–water partition coefficient (Wildman–Crippen LogP) is 7.10. The summed E-state index contributed by atoms with van der Waals surface area (Å²) < 4.78 is 85.0. The van der Waals surface area contributed by atoms with Crippen molar-refractivity contribution < 1.29 is 35.9 Å². The first kappa shape index (κ1) is 24.8. The van der Waals surface area contributed by atoms with Crippen molar-refractivity contribution in [2.24, 2.45) is 10.2 Å². The van der Waals surface area contributed by atoms with Gasteiger partial charge in [0.2, 0.25) is 0 Å². The number of rotatable bonds is 2. The molecule has 35 heavy (non-hydrogen) atoms. The Morgan fingerprint density at radius 1 is 1.03 bits per heavy atom. The van der Waals surface area contributed by atoms with E-state index in [9.17, 15) is 31.1 Å². The van der Waals surface area contributed by atoms with Crippen molar-refractivity contribution in [3.63, 3.8) is 0 Å². The Hall–Kier alpha value is -3.31. The molecule has 12 heteroatoms. The molecule has 0 bridgehead atoms. The van der Waals surface area contributed by atoms with Crippen LogP contribution in [0.4, 0.5) is 42.5 Å². The van der Waals surface area contributed by atoms with Crippen molar-refractivity contribution in [2.75, 3.05) is 11.9 Å². The molecule has 2 aromatic rings. The number of fused-ring (bicyclic) bond motifs is 3. The van der Waals surface area contributed by atoms with Crippen molar-refractivity contribution in [1.82, 2.24) is 4.90 Å². The molecule has 1 amide bonds. The maximum absolute atomic E-state index is 13.3. The van der Waals surface area contributed by atoms with Crippen LogP contribution in [-0.2, 0) is 22.6 Å². The minimum Gasteiger partial charge on any atom is -0.444 e. The van der Waals surface area contributed by atoms with Crippen LogP contribution in [0.1, 0.15) is 43.9 Å². The van der Waals surface area contributed by atoms with Gasteiger partial charge in [0.1, 0.15) is 17.3 Å². The smallest absolute Gasteiger partial charge is 0.416 e. The summed E-state index contributed by atoms with van der Waals surface area (Å²) in [5, 5.41) is 11.3. The van der Waals surface area contributed by atoms with E-state index in [4.69, 9.17) is 4.74 Å². The third-order valence-electron chi connectivity index (χ3n) is 5.73. The van der Waals surface area contributed by atoms with Gasteiger partial charge in [-0.1, -0.05) is 18.2 Å². The number of carbonyl (C=O) groups is 1. The molecule has 2 aliphatic rings. The molecule has 0 unspecified atom stereocenters. The Balaban J connectivity index is 1.76. The minimum atomic E-state index is -5.01. The average molecular weight is 500 g/mol. The van der Waals surface area contributed by atoms with E-state index >= 15 is 0 Å². The second kappa shape index (κ2) is 8.13. The summed E-state index contributed by atoms with van der Waals surface area (Å²) in [5.74, 6) is 0. The topological polar surface area (TPSA) is 66.3 Å². The zero-order chi connectivity index (χ0) is 25.8. The molecule has 0 aromatic heterocycles. The number of azo groups is 1. The number of nitrogens with zero attached hydrogens (tertiary/aromatic N) is 3. The third kappa shape index (κ3) is 4.78. The van der Waals surface area contributed by atoms with Crippen molar-refractivity contribution >= 4 is 17.5 Å². The maximum atomic E-state index is 13.3. The van der Waals surface area contributed by atoms with E-state index < -0.39 is 52.6 Å². The van der Waals surface area contributed by atoms with Gasteiger partial charge in [-0.05, 0) is 45.0 Å². The van der Waals surface area contributed by atoms with Crippen molar-refractivity contribution in [3.05, 3.63) is 59.2 Å². The van der Waals surface area contributed by atoms with Gasteiger partial charge in [0.05, 0.1) is 16.8 Å². The molecule has 2 atom stereocenters. The Kier molecular flexibility index (Phi) is 5.76. The van der Waals surface area contributed by atoms with Crippen LogP contribution in [0.25, 0.3) is 0 Å². The van der Waals surface area contributed by atoms with E-state index in [2.05, 4.69) is 15.5 Å². The highest BCUT2D eigenvalue weighted by Gasteiger charge is 2.57. The lowest BCUT2D eigenvalue weighted by molar-refractivity contribution is -0.143. The number of likely N-dealkylation sites (tertiary alicyclic amines) is 1. The van der Waals surface area contributed by atoms with Crippen molar-refractivity contribution in [1.29, 1.82) is 0 Å². The summed E-state index contributed by atoms with van der Waals surface area (Å²) in [5.41, 5.74) is -4.31. The van der Waals surface area contributed by atoms with Crippen LogP contribution >= 0.6 is 0 Å². The number of carbonyl (C=O) groups excluding carboxylic acids is 1. The number of nitrogens with one attached hydrogen (secondary N) is 1. The van der Waals surface area contributed by atoms with Crippen molar-refractivity contribution in [2.45, 2.75) is 56.9 Å². The lowest BCUT2D eigenvalue weighted by atomic mass is 9.90. The molecule has 2 aliphatic heterocycles. The van der Waals surface area contributed by atoms with E-state index in [1.807, 2.05) is 0 Å². The molecule has 2 aromatic carbocycles. The Bertz CT molecular complexity index is 1140. The third-order valence-corrected chi connectivity index (χ3v) is 5.73. The van der Waals surface area contributed by atoms with Gasteiger partial charge in [0.25, 0.3) is 0 Å². The summed E-state index contributed by atoms with van der Waals surface area (Å²) in [7, 11) is 0. The fraction of sp³-hybridized carbons (Fsp3) is 0.435. The average Bonchev–Trinajstić information content (AvgIpc) is 3.24. The van der Waals surface area contributed by atoms with Gasteiger partial charge in [-0.2, -0.15) is 36.6 Å². The number of halogens is 6. The van der Waals surface area contributed by atoms with Gasteiger partial charge >= 0.3 is 18.4 Å². The fourth-order valence-corrected chi connectivity index (χ4v) is 4.25. The van der Waals surface area contributed by atoms with Crippen LogP contribution in [-0.4, -0.2) is 29.3 Å². The molecule has 2 heterocycles. The Morgan fingerprint density at radius 3 is 2.20 bits per heavy atom. The van der Waals surface area contributed by atoms with Crippen LogP contribution in [0.15, 0.2) is 52.7 Å². The second-order valence-corrected chi connectivity index (χ2v) is 9.40. The number of benzene rings is 2. The largest absolute Gasteiger partial charge is 0.444 e. The summed E-state index contributed by atoms with van der Waals surface area (Å²) >= 11 is 0. The number of hydrogen-bond donors (Lipinski definition) is 1. The van der Waals surface area contributed by atoms with Gasteiger partial charge in [-0.3, -0.25) is 4.90 Å². The maximum Gasteiger partial charge on any atom is 0.416 e. The van der Waals surface area contributed by atoms with Gasteiger partial charge in [-0.15, -0.1) is 0 Å². The molecule has 6 nitrogen and oxygen atoms in total. The van der Waals surface area contributed by atoms with E-state index in [0.29, 0.717) is 23.4 Å². The standard InChI is InChI=1S/C23H22F6N4O2/c1-20(2,3)35-19(34)33-9-8-21(16-6-4-5-7-17(16)30-18(21)33)32-31-15-11-13(22(24,25)26)10-14(12-15)23(27,28)29/h4-7,10-12,18,30H,8-9H2,1-3H3/t18-,21+/m0/s1. The summed E-state index contributed by atoms with van der Waals surface area (Å²) in [6.45, 7) is 5.31. The zero-order valence-electron chi connectivity index (χ0n) is 19.0. The number of hydrogen-bond acceptors (Lipinski definition) is 5. The highest BCUT2D eigenvalue weighted by molar-refractivity contribution is 5.73. The number of alkyl halides is 6. The van der Waals surface area contributed by atoms with Crippen LogP contribution in [0, 0.1) is 0 Å². The van der Waals surface area contributed by atoms with E-state index in [1.54, 1.807) is 45.0 Å².